The summed E-state index contributed by atoms with van der Waals surface area (Å²) in [4.78, 5) is 29.4. The normalized spacial score (nSPS) is 20.4. The second-order valence-electron chi connectivity index (χ2n) is 9.23. The molecule has 2 fully saturated rings. The molecule has 1 N–H and O–H groups in total. The Labute approximate surface area is 206 Å². The number of aryl methyl sites for hydroxylation is 1. The number of hydrogen-bond acceptors (Lipinski definition) is 5. The van der Waals surface area contributed by atoms with E-state index >= 15 is 0 Å². The van der Waals surface area contributed by atoms with Crippen LogP contribution in [0, 0.1) is 6.92 Å². The van der Waals surface area contributed by atoms with Crippen LogP contribution < -0.4 is 14.7 Å². The molecule has 0 aliphatic carbocycles. The quantitative estimate of drug-likeness (QED) is 0.334. The van der Waals surface area contributed by atoms with Crippen molar-refractivity contribution in [3.05, 3.63) is 70.8 Å². The Morgan fingerprint density at radius 1 is 1.14 bits per heavy atom. The van der Waals surface area contributed by atoms with Crippen LogP contribution in [0.15, 0.2) is 54.1 Å². The van der Waals surface area contributed by atoms with Crippen LogP contribution in [0.4, 0.5) is 0 Å². The lowest BCUT2D eigenvalue weighted by Gasteiger charge is -2.29. The van der Waals surface area contributed by atoms with E-state index in [1.807, 2.05) is 50.2 Å². The summed E-state index contributed by atoms with van der Waals surface area (Å²) in [7, 11) is 0. The van der Waals surface area contributed by atoms with E-state index < -0.39 is 23.5 Å². The minimum atomic E-state index is -0.728. The van der Waals surface area contributed by atoms with Gasteiger partial charge in [0.25, 0.3) is 5.91 Å². The molecule has 2 heterocycles. The number of likely N-dealkylation sites (tertiary alicyclic amines) is 1. The number of carbonyl (C=O) groups excluding carboxylic acids is 2. The molecule has 1 atom stereocenters. The molecule has 1 unspecified atom stereocenters. The molecule has 4 rings (SSSR count). The molecule has 2 aromatic carbocycles. The summed E-state index contributed by atoms with van der Waals surface area (Å²) in [6.07, 6.45) is 1.60. The van der Waals surface area contributed by atoms with Crippen LogP contribution in [0.2, 0.25) is 0 Å². The first-order chi connectivity index (χ1) is 17.0. The monoisotopic (exact) mass is 478 g/mol. The Morgan fingerprint density at radius 2 is 1.89 bits per heavy atom. The van der Waals surface area contributed by atoms with Crippen molar-refractivity contribution >= 4 is 17.4 Å². The number of nitrogens with zero attached hydrogens (tertiary/aromatic N) is 1. The van der Waals surface area contributed by atoms with E-state index in [9.17, 15) is 14.7 Å². The van der Waals surface area contributed by atoms with Gasteiger partial charge in [0.05, 0.1) is 32.4 Å². The SMILES string of the molecule is CCCOc1cccc(C2C(=C([O-])c3ccc(C)cc3)C(=O)C(=O)N2CCC[NH+]2CCOCC2)c1. The van der Waals surface area contributed by atoms with Crippen LogP contribution in [0.3, 0.4) is 0 Å². The Kier molecular flexibility index (Phi) is 8.21. The summed E-state index contributed by atoms with van der Waals surface area (Å²) in [5, 5.41) is 13.5. The third-order valence-corrected chi connectivity index (χ3v) is 6.62. The van der Waals surface area contributed by atoms with Gasteiger partial charge in [-0.25, -0.2) is 0 Å². The maximum absolute atomic E-state index is 13.5. The average Bonchev–Trinajstić information content (AvgIpc) is 3.13. The van der Waals surface area contributed by atoms with Gasteiger partial charge in [0.1, 0.15) is 18.8 Å². The predicted octanol–water partition coefficient (Wildman–Crippen LogP) is 1.31. The van der Waals surface area contributed by atoms with Gasteiger partial charge in [-0.1, -0.05) is 54.6 Å². The maximum Gasteiger partial charge on any atom is 0.295 e. The van der Waals surface area contributed by atoms with E-state index in [1.54, 1.807) is 17.0 Å². The molecule has 7 heteroatoms. The highest BCUT2D eigenvalue weighted by Crippen LogP contribution is 2.39. The lowest BCUT2D eigenvalue weighted by Crippen LogP contribution is -3.14. The highest BCUT2D eigenvalue weighted by molar-refractivity contribution is 6.46. The minimum absolute atomic E-state index is 0.0187. The van der Waals surface area contributed by atoms with Crippen LogP contribution in [0.25, 0.3) is 5.76 Å². The summed E-state index contributed by atoms with van der Waals surface area (Å²) in [5.41, 5.74) is 2.16. The lowest BCUT2D eigenvalue weighted by atomic mass is 9.95. The van der Waals surface area contributed by atoms with Gasteiger partial charge in [-0.05, 0) is 36.6 Å². The second-order valence-corrected chi connectivity index (χ2v) is 9.23. The van der Waals surface area contributed by atoms with Crippen molar-refractivity contribution in [2.45, 2.75) is 32.7 Å². The fourth-order valence-electron chi connectivity index (χ4n) is 4.71. The highest BCUT2D eigenvalue weighted by atomic mass is 16.5. The molecule has 35 heavy (non-hydrogen) atoms. The van der Waals surface area contributed by atoms with Crippen LogP contribution >= 0.6 is 0 Å². The Bertz CT molecular complexity index is 1070. The van der Waals surface area contributed by atoms with Crippen molar-refractivity contribution in [3.8, 4) is 5.75 Å². The number of hydrogen-bond donors (Lipinski definition) is 1. The molecule has 0 bridgehead atoms. The predicted molar refractivity (Wildman–Crippen MR) is 131 cm³/mol. The van der Waals surface area contributed by atoms with Gasteiger partial charge < -0.3 is 24.4 Å². The van der Waals surface area contributed by atoms with Crippen molar-refractivity contribution in [3.63, 3.8) is 0 Å². The fraction of sp³-hybridized carbons (Fsp3) is 0.429. The number of carbonyl (C=O) groups is 2. The first-order valence-corrected chi connectivity index (χ1v) is 12.5. The zero-order valence-electron chi connectivity index (χ0n) is 20.5. The molecule has 1 amide bonds. The van der Waals surface area contributed by atoms with Gasteiger partial charge >= 0.3 is 0 Å². The molecule has 2 aromatic rings. The summed E-state index contributed by atoms with van der Waals surface area (Å²) in [6.45, 7) is 9.19. The van der Waals surface area contributed by atoms with Gasteiger partial charge in [-0.2, -0.15) is 0 Å². The minimum Gasteiger partial charge on any atom is -0.872 e. The number of benzene rings is 2. The fourth-order valence-corrected chi connectivity index (χ4v) is 4.71. The number of nitrogens with one attached hydrogen (secondary N) is 1. The smallest absolute Gasteiger partial charge is 0.295 e. The Morgan fingerprint density at radius 3 is 2.60 bits per heavy atom. The van der Waals surface area contributed by atoms with Crippen LogP contribution in [-0.2, 0) is 14.3 Å². The molecular weight excluding hydrogens is 444 g/mol. The molecule has 2 aliphatic rings. The Balaban J connectivity index is 1.67. The van der Waals surface area contributed by atoms with Crippen molar-refractivity contribution in [1.29, 1.82) is 0 Å². The number of morpholine rings is 1. The van der Waals surface area contributed by atoms with E-state index in [4.69, 9.17) is 9.47 Å². The maximum atomic E-state index is 13.5. The summed E-state index contributed by atoms with van der Waals surface area (Å²) >= 11 is 0. The van der Waals surface area contributed by atoms with E-state index in [-0.39, 0.29) is 5.57 Å². The first kappa shape index (κ1) is 24.9. The van der Waals surface area contributed by atoms with Gasteiger partial charge in [-0.15, -0.1) is 0 Å². The lowest BCUT2D eigenvalue weighted by molar-refractivity contribution is -0.908. The first-order valence-electron chi connectivity index (χ1n) is 12.5. The van der Waals surface area contributed by atoms with Crippen molar-refractivity contribution in [1.82, 2.24) is 4.90 Å². The third kappa shape index (κ3) is 5.74. The van der Waals surface area contributed by atoms with Gasteiger partial charge in [0.2, 0.25) is 5.78 Å². The van der Waals surface area contributed by atoms with E-state index in [0.29, 0.717) is 30.0 Å². The molecule has 0 aromatic heterocycles. The van der Waals surface area contributed by atoms with Crippen molar-refractivity contribution in [2.24, 2.45) is 0 Å². The molecule has 7 nitrogen and oxygen atoms in total. The molecule has 186 valence electrons. The largest absolute Gasteiger partial charge is 0.872 e. The Hall–Kier alpha value is -3.16. The summed E-state index contributed by atoms with van der Waals surface area (Å²) in [5.74, 6) is -1.05. The number of quaternary nitrogens is 1. The molecule has 2 aliphatic heterocycles. The number of ether oxygens (including phenoxy) is 2. The number of amides is 1. The molecule has 0 spiro atoms. The van der Waals surface area contributed by atoms with E-state index in [1.165, 1.54) is 4.90 Å². The third-order valence-electron chi connectivity index (χ3n) is 6.62. The molecular formula is C28H34N2O5. The average molecular weight is 479 g/mol. The van der Waals surface area contributed by atoms with Crippen LogP contribution in [0.5, 0.6) is 5.75 Å². The number of rotatable bonds is 9. The second kappa shape index (κ2) is 11.5. The molecule has 0 saturated carbocycles. The standard InChI is InChI=1S/C28H34N2O5/c1-3-16-35-23-7-4-6-22(19-23)25-24(26(31)21-10-8-20(2)9-11-21)27(32)28(33)30(25)13-5-12-29-14-17-34-18-15-29/h4,6-11,19,25,31H,3,5,12-18H2,1-2H3. The van der Waals surface area contributed by atoms with E-state index in [0.717, 1.165) is 51.3 Å². The van der Waals surface area contributed by atoms with Crippen molar-refractivity contribution < 1.29 is 29.1 Å². The van der Waals surface area contributed by atoms with Gasteiger partial charge in [0.15, 0.2) is 0 Å². The van der Waals surface area contributed by atoms with Gasteiger partial charge in [-0.3, -0.25) is 9.59 Å². The zero-order valence-corrected chi connectivity index (χ0v) is 20.5. The van der Waals surface area contributed by atoms with Crippen molar-refractivity contribution in [2.75, 3.05) is 46.0 Å². The highest BCUT2D eigenvalue weighted by Gasteiger charge is 2.44. The number of ketones is 1. The topological polar surface area (TPSA) is 83.3 Å². The molecule has 2 saturated heterocycles. The summed E-state index contributed by atoms with van der Waals surface area (Å²) < 4.78 is 11.2. The van der Waals surface area contributed by atoms with E-state index in [2.05, 4.69) is 0 Å². The van der Waals surface area contributed by atoms with Crippen LogP contribution in [0.1, 0.15) is 42.5 Å². The van der Waals surface area contributed by atoms with Gasteiger partial charge in [0, 0.05) is 18.5 Å². The summed E-state index contributed by atoms with van der Waals surface area (Å²) in [6, 6.07) is 13.8. The molecule has 0 radical (unpaired) electrons. The number of Topliss-reactive ketones (excluding diaryl/α,β-unsaturated/α-hetero) is 1. The van der Waals surface area contributed by atoms with Crippen LogP contribution in [-0.4, -0.2) is 62.6 Å². The zero-order chi connectivity index (χ0) is 24.8.